The average Bonchev–Trinajstić information content (AvgIpc) is 3.09. The molecule has 1 atom stereocenters. The van der Waals surface area contributed by atoms with Crippen LogP contribution in [0.1, 0.15) is 56.1 Å². The number of thiophene rings is 1. The number of nitrogens with zero attached hydrogens (tertiary/aromatic N) is 1. The van der Waals surface area contributed by atoms with Crippen LogP contribution in [0.4, 0.5) is 0 Å². The molecule has 1 unspecified atom stereocenters. The van der Waals surface area contributed by atoms with Crippen LogP contribution in [0.3, 0.4) is 0 Å². The van der Waals surface area contributed by atoms with Crippen molar-refractivity contribution in [1.29, 1.82) is 0 Å². The summed E-state index contributed by atoms with van der Waals surface area (Å²) in [6.07, 6.45) is 3.22. The number of rotatable bonds is 7. The third kappa shape index (κ3) is 6.04. The molecule has 0 saturated carbocycles. The molecule has 2 heterocycles. The van der Waals surface area contributed by atoms with Crippen molar-refractivity contribution in [2.24, 2.45) is 5.92 Å². The summed E-state index contributed by atoms with van der Waals surface area (Å²) in [5.41, 5.74) is 0. The third-order valence-corrected chi connectivity index (χ3v) is 6.65. The second-order valence-electron chi connectivity index (χ2n) is 6.92. The van der Waals surface area contributed by atoms with Gasteiger partial charge in [0.15, 0.2) is 0 Å². The van der Waals surface area contributed by atoms with Gasteiger partial charge in [-0.2, -0.15) is 0 Å². The molecule has 1 saturated heterocycles. The van der Waals surface area contributed by atoms with Gasteiger partial charge in [-0.3, -0.25) is 14.4 Å². The Morgan fingerprint density at radius 2 is 1.85 bits per heavy atom. The Bertz CT molecular complexity index is 667. The fourth-order valence-corrected chi connectivity index (χ4v) is 4.53. The SMILES string of the molecule is CCC(CC)C(=O)N1CCC(NC(=O)C(C)NC(=O)c2ccc(Br)s2)CC1. The van der Waals surface area contributed by atoms with Gasteiger partial charge in [0.1, 0.15) is 6.04 Å². The van der Waals surface area contributed by atoms with E-state index in [0.29, 0.717) is 18.0 Å². The average molecular weight is 458 g/mol. The van der Waals surface area contributed by atoms with E-state index in [1.54, 1.807) is 19.1 Å². The van der Waals surface area contributed by atoms with Crippen molar-refractivity contribution in [1.82, 2.24) is 15.5 Å². The number of nitrogens with one attached hydrogen (secondary N) is 2. The molecule has 1 fully saturated rings. The van der Waals surface area contributed by atoms with Gasteiger partial charge in [-0.25, -0.2) is 0 Å². The number of piperidine rings is 1. The molecule has 1 aromatic rings. The first-order valence-electron chi connectivity index (χ1n) is 9.51. The van der Waals surface area contributed by atoms with Gasteiger partial charge in [-0.1, -0.05) is 13.8 Å². The number of hydrogen-bond donors (Lipinski definition) is 2. The van der Waals surface area contributed by atoms with Crippen molar-refractivity contribution >= 4 is 45.0 Å². The van der Waals surface area contributed by atoms with E-state index in [1.165, 1.54) is 11.3 Å². The van der Waals surface area contributed by atoms with Crippen LogP contribution < -0.4 is 10.6 Å². The Hall–Kier alpha value is -1.41. The lowest BCUT2D eigenvalue weighted by molar-refractivity contribution is -0.137. The molecule has 2 N–H and O–H groups in total. The van der Waals surface area contributed by atoms with E-state index in [1.807, 2.05) is 18.7 Å². The molecule has 0 aromatic carbocycles. The summed E-state index contributed by atoms with van der Waals surface area (Å²) >= 11 is 4.65. The highest BCUT2D eigenvalue weighted by Gasteiger charge is 2.28. The Kier molecular flexibility index (Phi) is 8.28. The van der Waals surface area contributed by atoms with Gasteiger partial charge in [-0.05, 0) is 60.7 Å². The minimum atomic E-state index is -0.609. The summed E-state index contributed by atoms with van der Waals surface area (Å²) in [5.74, 6) is -0.112. The first kappa shape index (κ1) is 21.9. The molecule has 27 heavy (non-hydrogen) atoms. The monoisotopic (exact) mass is 457 g/mol. The van der Waals surface area contributed by atoms with Crippen molar-refractivity contribution in [2.45, 2.75) is 58.5 Å². The predicted octanol–water partition coefficient (Wildman–Crippen LogP) is 3.17. The maximum Gasteiger partial charge on any atom is 0.262 e. The van der Waals surface area contributed by atoms with E-state index in [2.05, 4.69) is 26.6 Å². The molecule has 150 valence electrons. The summed E-state index contributed by atoms with van der Waals surface area (Å²) in [4.78, 5) is 39.5. The van der Waals surface area contributed by atoms with E-state index in [9.17, 15) is 14.4 Å². The standard InChI is InChI=1S/C19H28BrN3O3S/c1-4-13(5-2)19(26)23-10-8-14(9-11-23)22-17(24)12(3)21-18(25)15-6-7-16(20)27-15/h6-7,12-14H,4-5,8-11H2,1-3H3,(H,21,25)(H,22,24). The van der Waals surface area contributed by atoms with Gasteiger partial charge >= 0.3 is 0 Å². The molecule has 8 heteroatoms. The van der Waals surface area contributed by atoms with Crippen molar-refractivity contribution in [3.05, 3.63) is 20.8 Å². The zero-order valence-electron chi connectivity index (χ0n) is 16.1. The highest BCUT2D eigenvalue weighted by molar-refractivity contribution is 9.11. The highest BCUT2D eigenvalue weighted by atomic mass is 79.9. The van der Waals surface area contributed by atoms with E-state index in [4.69, 9.17) is 0 Å². The Morgan fingerprint density at radius 3 is 2.37 bits per heavy atom. The Balaban J connectivity index is 1.78. The Morgan fingerprint density at radius 1 is 1.22 bits per heavy atom. The fourth-order valence-electron chi connectivity index (χ4n) is 3.24. The van der Waals surface area contributed by atoms with Crippen molar-refractivity contribution < 1.29 is 14.4 Å². The van der Waals surface area contributed by atoms with Gasteiger partial charge in [0, 0.05) is 25.0 Å². The van der Waals surface area contributed by atoms with Gasteiger partial charge in [0.2, 0.25) is 11.8 Å². The molecule has 1 aliphatic heterocycles. The van der Waals surface area contributed by atoms with E-state index < -0.39 is 6.04 Å². The molecule has 1 aromatic heterocycles. The second kappa shape index (κ2) is 10.2. The summed E-state index contributed by atoms with van der Waals surface area (Å²) in [6, 6.07) is 2.96. The molecule has 0 radical (unpaired) electrons. The molecule has 0 bridgehead atoms. The molecular weight excluding hydrogens is 430 g/mol. The van der Waals surface area contributed by atoms with Gasteiger partial charge in [-0.15, -0.1) is 11.3 Å². The smallest absolute Gasteiger partial charge is 0.262 e. The van der Waals surface area contributed by atoms with Crippen LogP contribution in [0.25, 0.3) is 0 Å². The number of halogens is 1. The normalized spacial score (nSPS) is 16.3. The molecule has 1 aliphatic rings. The van der Waals surface area contributed by atoms with Gasteiger partial charge in [0.05, 0.1) is 8.66 Å². The number of hydrogen-bond acceptors (Lipinski definition) is 4. The predicted molar refractivity (Wildman–Crippen MR) is 111 cm³/mol. The topological polar surface area (TPSA) is 78.5 Å². The maximum absolute atomic E-state index is 12.4. The first-order chi connectivity index (χ1) is 12.8. The van der Waals surface area contributed by atoms with Crippen LogP contribution in [-0.2, 0) is 9.59 Å². The Labute approximate surface area is 173 Å². The second-order valence-corrected chi connectivity index (χ2v) is 9.38. The lowest BCUT2D eigenvalue weighted by Crippen LogP contribution is -2.52. The number of likely N-dealkylation sites (tertiary alicyclic amines) is 1. The zero-order valence-corrected chi connectivity index (χ0v) is 18.5. The van der Waals surface area contributed by atoms with Crippen molar-refractivity contribution in [3.63, 3.8) is 0 Å². The minimum absolute atomic E-state index is 0.0403. The van der Waals surface area contributed by atoms with E-state index in [0.717, 1.165) is 29.5 Å². The molecular formula is C19H28BrN3O3S. The van der Waals surface area contributed by atoms with E-state index in [-0.39, 0.29) is 29.7 Å². The molecule has 0 spiro atoms. The van der Waals surface area contributed by atoms with E-state index >= 15 is 0 Å². The van der Waals surface area contributed by atoms with Gasteiger partial charge in [0.25, 0.3) is 5.91 Å². The largest absolute Gasteiger partial charge is 0.351 e. The summed E-state index contributed by atoms with van der Waals surface area (Å²) < 4.78 is 0.874. The quantitative estimate of drug-likeness (QED) is 0.659. The third-order valence-electron chi connectivity index (χ3n) is 5.03. The molecule has 0 aliphatic carbocycles. The van der Waals surface area contributed by atoms with Gasteiger partial charge < -0.3 is 15.5 Å². The van der Waals surface area contributed by atoms with Crippen molar-refractivity contribution in [2.75, 3.05) is 13.1 Å². The molecule has 2 rings (SSSR count). The summed E-state index contributed by atoms with van der Waals surface area (Å²) in [6.45, 7) is 7.11. The maximum atomic E-state index is 12.4. The zero-order chi connectivity index (χ0) is 20.0. The first-order valence-corrected chi connectivity index (χ1v) is 11.1. The van der Waals surface area contributed by atoms with Crippen LogP contribution in [0.15, 0.2) is 15.9 Å². The van der Waals surface area contributed by atoms with Crippen LogP contribution in [-0.4, -0.2) is 47.8 Å². The number of carbonyl (C=O) groups excluding carboxylic acids is 3. The summed E-state index contributed by atoms with van der Waals surface area (Å²) in [5, 5.41) is 5.73. The molecule has 3 amide bonds. The molecule has 6 nitrogen and oxygen atoms in total. The lowest BCUT2D eigenvalue weighted by atomic mass is 9.98. The lowest BCUT2D eigenvalue weighted by Gasteiger charge is -2.34. The number of amides is 3. The fraction of sp³-hybridized carbons (Fsp3) is 0.632. The van der Waals surface area contributed by atoms with Crippen LogP contribution in [0.5, 0.6) is 0 Å². The summed E-state index contributed by atoms with van der Waals surface area (Å²) in [7, 11) is 0. The van der Waals surface area contributed by atoms with Crippen molar-refractivity contribution in [3.8, 4) is 0 Å². The van der Waals surface area contributed by atoms with Crippen LogP contribution in [0.2, 0.25) is 0 Å². The minimum Gasteiger partial charge on any atom is -0.351 e. The van der Waals surface area contributed by atoms with Crippen LogP contribution in [0, 0.1) is 5.92 Å². The number of carbonyl (C=O) groups is 3. The van der Waals surface area contributed by atoms with Crippen LogP contribution >= 0.6 is 27.3 Å². The highest BCUT2D eigenvalue weighted by Crippen LogP contribution is 2.22.